The number of pyridine rings is 1. The van der Waals surface area contributed by atoms with Crippen molar-refractivity contribution in [2.24, 2.45) is 0 Å². The van der Waals surface area contributed by atoms with Gasteiger partial charge < -0.3 is 0 Å². The number of fused-ring (bicyclic) bond motifs is 1. The molecule has 0 aliphatic carbocycles. The second kappa shape index (κ2) is 2.94. The van der Waals surface area contributed by atoms with E-state index in [1.807, 2.05) is 24.5 Å². The molecule has 1 heterocycles. The highest BCUT2D eigenvalue weighted by Gasteiger charge is 1.96. The van der Waals surface area contributed by atoms with Gasteiger partial charge >= 0.3 is 0 Å². The molecule has 0 amide bonds. The van der Waals surface area contributed by atoms with Crippen molar-refractivity contribution in [3.8, 4) is 0 Å². The quantitative estimate of drug-likeness (QED) is 0.618. The molecule has 2 aromatic rings. The molecule has 0 fully saturated rings. The Labute approximate surface area is 72.1 Å². The zero-order valence-electron chi connectivity index (χ0n) is 6.83. The van der Waals surface area contributed by atoms with E-state index >= 15 is 0 Å². The van der Waals surface area contributed by atoms with Crippen molar-refractivity contribution < 1.29 is 0 Å². The van der Waals surface area contributed by atoms with E-state index in [0.29, 0.717) is 0 Å². The van der Waals surface area contributed by atoms with Gasteiger partial charge in [0.25, 0.3) is 0 Å². The van der Waals surface area contributed by atoms with Gasteiger partial charge in [-0.05, 0) is 30.4 Å². The fraction of sp³-hybridized carbons (Fsp3) is 0.0909. The van der Waals surface area contributed by atoms with E-state index < -0.39 is 0 Å². The van der Waals surface area contributed by atoms with Gasteiger partial charge in [0, 0.05) is 17.8 Å². The van der Waals surface area contributed by atoms with Crippen LogP contribution in [0.1, 0.15) is 5.56 Å². The van der Waals surface area contributed by atoms with Crippen LogP contribution in [0, 0.1) is 6.92 Å². The summed E-state index contributed by atoms with van der Waals surface area (Å²) < 4.78 is 0. The highest BCUT2D eigenvalue weighted by molar-refractivity contribution is 5.84. The van der Waals surface area contributed by atoms with Gasteiger partial charge in [0.2, 0.25) is 0 Å². The summed E-state index contributed by atoms with van der Waals surface area (Å²) in [5.74, 6) is 0. The minimum atomic E-state index is 0.835. The van der Waals surface area contributed by atoms with Crippen molar-refractivity contribution in [2.75, 3.05) is 0 Å². The summed E-state index contributed by atoms with van der Waals surface area (Å²) in [6.07, 6.45) is 4.54. The van der Waals surface area contributed by atoms with Crippen molar-refractivity contribution in [2.45, 2.75) is 6.42 Å². The van der Waals surface area contributed by atoms with Gasteiger partial charge in [-0.15, -0.1) is 0 Å². The molecule has 1 aromatic heterocycles. The molecule has 0 aliphatic heterocycles. The van der Waals surface area contributed by atoms with Crippen LogP contribution >= 0.6 is 0 Å². The average molecular weight is 156 g/mol. The zero-order chi connectivity index (χ0) is 8.39. The van der Waals surface area contributed by atoms with Crippen molar-refractivity contribution in [3.63, 3.8) is 0 Å². The lowest BCUT2D eigenvalue weighted by Crippen LogP contribution is -1.83. The number of rotatable bonds is 1. The molecule has 0 saturated carbocycles. The van der Waals surface area contributed by atoms with Gasteiger partial charge in [-0.25, -0.2) is 0 Å². The summed E-state index contributed by atoms with van der Waals surface area (Å²) in [5, 5.41) is 2.46. The molecule has 0 bridgehead atoms. The summed E-state index contributed by atoms with van der Waals surface area (Å²) in [5.41, 5.74) is 1.29. The second-order valence-corrected chi connectivity index (χ2v) is 2.76. The van der Waals surface area contributed by atoms with Crippen LogP contribution in [-0.4, -0.2) is 4.98 Å². The van der Waals surface area contributed by atoms with Crippen molar-refractivity contribution in [3.05, 3.63) is 49.1 Å². The third kappa shape index (κ3) is 1.07. The third-order valence-corrected chi connectivity index (χ3v) is 2.04. The fourth-order valence-corrected chi connectivity index (χ4v) is 1.41. The highest BCUT2D eigenvalue weighted by atomic mass is 14.6. The summed E-state index contributed by atoms with van der Waals surface area (Å²) in [7, 11) is 0. The molecule has 12 heavy (non-hydrogen) atoms. The van der Waals surface area contributed by atoms with E-state index in [1.54, 1.807) is 0 Å². The SMILES string of the molecule is [CH2]Cc1cccc2cnccc12. The monoisotopic (exact) mass is 156 g/mol. The Morgan fingerprint density at radius 1 is 1.25 bits per heavy atom. The predicted molar refractivity (Wildman–Crippen MR) is 50.8 cm³/mol. The highest BCUT2D eigenvalue weighted by Crippen LogP contribution is 2.17. The van der Waals surface area contributed by atoms with Gasteiger partial charge in [0.15, 0.2) is 0 Å². The van der Waals surface area contributed by atoms with E-state index in [2.05, 4.69) is 24.0 Å². The summed E-state index contributed by atoms with van der Waals surface area (Å²) in [6.45, 7) is 3.89. The zero-order valence-corrected chi connectivity index (χ0v) is 6.83. The molecular formula is C11H10N. The number of nitrogens with zero attached hydrogens (tertiary/aromatic N) is 1. The van der Waals surface area contributed by atoms with Crippen LogP contribution in [-0.2, 0) is 6.42 Å². The van der Waals surface area contributed by atoms with Crippen LogP contribution in [0.5, 0.6) is 0 Å². The second-order valence-electron chi connectivity index (χ2n) is 2.76. The van der Waals surface area contributed by atoms with Crippen molar-refractivity contribution in [1.29, 1.82) is 0 Å². The van der Waals surface area contributed by atoms with Gasteiger partial charge in [0.1, 0.15) is 0 Å². The van der Waals surface area contributed by atoms with E-state index in [4.69, 9.17) is 0 Å². The van der Waals surface area contributed by atoms with E-state index in [0.717, 1.165) is 6.42 Å². The smallest absolute Gasteiger partial charge is 0.0346 e. The van der Waals surface area contributed by atoms with Crippen LogP contribution in [0.4, 0.5) is 0 Å². The van der Waals surface area contributed by atoms with Crippen molar-refractivity contribution in [1.82, 2.24) is 4.98 Å². The maximum atomic E-state index is 4.07. The predicted octanol–water partition coefficient (Wildman–Crippen LogP) is 2.61. The lowest BCUT2D eigenvalue weighted by atomic mass is 10.1. The van der Waals surface area contributed by atoms with E-state index in [1.165, 1.54) is 16.3 Å². The maximum Gasteiger partial charge on any atom is 0.0346 e. The average Bonchev–Trinajstić information content (AvgIpc) is 2.17. The van der Waals surface area contributed by atoms with Gasteiger partial charge in [0.05, 0.1) is 0 Å². The molecule has 2 rings (SSSR count). The summed E-state index contributed by atoms with van der Waals surface area (Å²) >= 11 is 0. The molecule has 1 radical (unpaired) electrons. The molecule has 1 heteroatoms. The molecular weight excluding hydrogens is 146 g/mol. The first-order valence-corrected chi connectivity index (χ1v) is 4.02. The summed E-state index contributed by atoms with van der Waals surface area (Å²) in [6, 6.07) is 8.26. The Hall–Kier alpha value is -1.37. The first-order valence-electron chi connectivity index (χ1n) is 4.02. The first kappa shape index (κ1) is 7.29. The largest absolute Gasteiger partial charge is 0.264 e. The van der Waals surface area contributed by atoms with E-state index in [9.17, 15) is 0 Å². The standard InChI is InChI=1S/C11H10N/c1-2-9-4-3-5-10-8-12-7-6-11(9)10/h3-8H,1-2H2. The van der Waals surface area contributed by atoms with Crippen molar-refractivity contribution >= 4 is 10.8 Å². The molecule has 0 unspecified atom stereocenters. The molecule has 59 valence electrons. The number of hydrogen-bond acceptors (Lipinski definition) is 1. The van der Waals surface area contributed by atoms with Crippen LogP contribution in [0.3, 0.4) is 0 Å². The van der Waals surface area contributed by atoms with Crippen LogP contribution in [0.2, 0.25) is 0 Å². The van der Waals surface area contributed by atoms with Crippen LogP contribution < -0.4 is 0 Å². The fourth-order valence-electron chi connectivity index (χ4n) is 1.41. The Kier molecular flexibility index (Phi) is 1.78. The molecule has 1 aromatic carbocycles. The third-order valence-electron chi connectivity index (χ3n) is 2.04. The molecule has 0 atom stereocenters. The Balaban J connectivity index is 2.79. The minimum absolute atomic E-state index is 0.835. The number of benzene rings is 1. The Morgan fingerprint density at radius 2 is 2.17 bits per heavy atom. The number of hydrogen-bond donors (Lipinski definition) is 0. The van der Waals surface area contributed by atoms with Gasteiger partial charge in [-0.3, -0.25) is 4.98 Å². The van der Waals surface area contributed by atoms with Crippen LogP contribution in [0.15, 0.2) is 36.7 Å². The van der Waals surface area contributed by atoms with Gasteiger partial charge in [-0.1, -0.05) is 18.2 Å². The Morgan fingerprint density at radius 3 is 3.00 bits per heavy atom. The molecule has 1 nitrogen and oxygen atoms in total. The maximum absolute atomic E-state index is 4.07. The molecule has 0 saturated heterocycles. The van der Waals surface area contributed by atoms with Crippen LogP contribution in [0.25, 0.3) is 10.8 Å². The van der Waals surface area contributed by atoms with Gasteiger partial charge in [-0.2, -0.15) is 0 Å². The molecule has 0 aliphatic rings. The normalized spacial score (nSPS) is 10.4. The van der Waals surface area contributed by atoms with E-state index in [-0.39, 0.29) is 0 Å². The Bertz CT molecular complexity index is 388. The lowest BCUT2D eigenvalue weighted by Gasteiger charge is -2.01. The first-order chi connectivity index (χ1) is 5.92. The lowest BCUT2D eigenvalue weighted by molar-refractivity contribution is 1.29. The molecule has 0 spiro atoms. The number of aromatic nitrogens is 1. The topological polar surface area (TPSA) is 12.9 Å². The molecule has 0 N–H and O–H groups in total. The minimum Gasteiger partial charge on any atom is -0.264 e. The summed E-state index contributed by atoms with van der Waals surface area (Å²) in [4.78, 5) is 4.07.